The first-order valence-electron chi connectivity index (χ1n) is 9.56. The normalized spacial score (nSPS) is 57.1. The summed E-state index contributed by atoms with van der Waals surface area (Å²) >= 11 is 0. The number of fused-ring (bicyclic) bond motifs is 2. The molecule has 6 heteroatoms. The SMILES string of the molecule is C=C1C(=O)C23C(CC[C@@H]1[C@H]2O)[C@@]12CO[C@@]3(O)[C@@H](O)[C@@H]1C(C)(C)CCC2=O. The first kappa shape index (κ1) is 17.0. The molecule has 6 rings (SSSR count). The number of carbonyl (C=O) groups is 2. The summed E-state index contributed by atoms with van der Waals surface area (Å²) < 4.78 is 5.74. The van der Waals surface area contributed by atoms with Crippen molar-refractivity contribution in [2.24, 2.45) is 34.0 Å². The summed E-state index contributed by atoms with van der Waals surface area (Å²) in [5, 5.41) is 33.9. The number of rotatable bonds is 0. The van der Waals surface area contributed by atoms with Gasteiger partial charge in [-0.25, -0.2) is 0 Å². The molecule has 6 fully saturated rings. The second-order valence-electron chi connectivity index (χ2n) is 9.76. The maximum Gasteiger partial charge on any atom is 0.208 e. The van der Waals surface area contributed by atoms with Crippen LogP contribution in [-0.2, 0) is 14.3 Å². The lowest BCUT2D eigenvalue weighted by Crippen LogP contribution is -2.85. The van der Waals surface area contributed by atoms with Crippen molar-refractivity contribution < 1.29 is 29.6 Å². The Labute approximate surface area is 152 Å². The van der Waals surface area contributed by atoms with Crippen molar-refractivity contribution in [1.82, 2.24) is 0 Å². The van der Waals surface area contributed by atoms with Crippen LogP contribution in [0, 0.1) is 34.0 Å². The van der Waals surface area contributed by atoms with Gasteiger partial charge in [0.1, 0.15) is 17.3 Å². The molecule has 0 aromatic rings. The van der Waals surface area contributed by atoms with E-state index in [9.17, 15) is 24.9 Å². The summed E-state index contributed by atoms with van der Waals surface area (Å²) in [6.45, 7) is 7.86. The van der Waals surface area contributed by atoms with Crippen LogP contribution in [0.4, 0.5) is 0 Å². The fourth-order valence-corrected chi connectivity index (χ4v) is 7.63. The first-order chi connectivity index (χ1) is 12.1. The van der Waals surface area contributed by atoms with Crippen LogP contribution in [0.1, 0.15) is 39.5 Å². The van der Waals surface area contributed by atoms with Gasteiger partial charge in [-0.3, -0.25) is 9.59 Å². The number of carbonyl (C=O) groups excluding carboxylic acids is 2. The topological polar surface area (TPSA) is 104 Å². The van der Waals surface area contributed by atoms with Crippen molar-refractivity contribution >= 4 is 11.6 Å². The molecular formula is C20H26O6. The second-order valence-corrected chi connectivity index (χ2v) is 9.76. The molecule has 2 unspecified atom stereocenters. The number of ketones is 2. The van der Waals surface area contributed by atoms with Gasteiger partial charge in [-0.1, -0.05) is 20.4 Å². The fraction of sp³-hybridized carbons (Fsp3) is 0.800. The summed E-state index contributed by atoms with van der Waals surface area (Å²) in [6.07, 6.45) is -0.502. The highest BCUT2D eigenvalue weighted by atomic mass is 16.6. The first-order valence-corrected chi connectivity index (χ1v) is 9.56. The van der Waals surface area contributed by atoms with Gasteiger partial charge in [0.2, 0.25) is 5.79 Å². The van der Waals surface area contributed by atoms with Crippen molar-refractivity contribution in [3.05, 3.63) is 12.2 Å². The monoisotopic (exact) mass is 362 g/mol. The van der Waals surface area contributed by atoms with Gasteiger partial charge in [0.15, 0.2) is 5.78 Å². The third-order valence-corrected chi connectivity index (χ3v) is 8.65. The smallest absolute Gasteiger partial charge is 0.208 e. The van der Waals surface area contributed by atoms with Crippen LogP contribution in [0.25, 0.3) is 0 Å². The van der Waals surface area contributed by atoms with E-state index in [1.165, 1.54) is 0 Å². The molecule has 26 heavy (non-hydrogen) atoms. The van der Waals surface area contributed by atoms with Crippen LogP contribution in [-0.4, -0.2) is 51.5 Å². The number of aliphatic hydroxyl groups excluding tert-OH is 2. The van der Waals surface area contributed by atoms with Gasteiger partial charge in [-0.2, -0.15) is 0 Å². The summed E-state index contributed by atoms with van der Waals surface area (Å²) in [6, 6.07) is 0. The van der Waals surface area contributed by atoms with E-state index in [0.717, 1.165) is 0 Å². The molecule has 6 nitrogen and oxygen atoms in total. The molecule has 0 aromatic carbocycles. The van der Waals surface area contributed by atoms with Crippen molar-refractivity contribution in [2.45, 2.75) is 57.5 Å². The van der Waals surface area contributed by atoms with Crippen LogP contribution < -0.4 is 0 Å². The summed E-state index contributed by atoms with van der Waals surface area (Å²) in [7, 11) is 0. The van der Waals surface area contributed by atoms with Crippen LogP contribution in [0.3, 0.4) is 0 Å². The summed E-state index contributed by atoms with van der Waals surface area (Å²) in [5.74, 6) is -4.12. The van der Waals surface area contributed by atoms with Crippen molar-refractivity contribution in [2.75, 3.05) is 6.61 Å². The molecule has 2 saturated heterocycles. The van der Waals surface area contributed by atoms with Gasteiger partial charge < -0.3 is 20.1 Å². The number of aliphatic hydroxyl groups is 3. The molecule has 142 valence electrons. The largest absolute Gasteiger partial charge is 0.391 e. The molecule has 8 atom stereocenters. The lowest BCUT2D eigenvalue weighted by Gasteiger charge is -2.72. The predicted molar refractivity (Wildman–Crippen MR) is 89.7 cm³/mol. The zero-order valence-corrected chi connectivity index (χ0v) is 15.2. The van der Waals surface area contributed by atoms with E-state index in [4.69, 9.17) is 4.74 Å². The molecule has 3 N–H and O–H groups in total. The second kappa shape index (κ2) is 4.49. The van der Waals surface area contributed by atoms with Gasteiger partial charge in [-0.15, -0.1) is 0 Å². The average molecular weight is 362 g/mol. The Morgan fingerprint density at radius 1 is 1.15 bits per heavy atom. The minimum Gasteiger partial charge on any atom is -0.391 e. The van der Waals surface area contributed by atoms with Crippen LogP contribution >= 0.6 is 0 Å². The standard InChI is InChI=1S/C20H26O6/c1-9-10-4-5-11-18-8-26-20(25,19(11,14(9)22)15(10)23)16(24)13(18)17(2,3)7-6-12(18)21/h10-11,13,15-16,23-25H,1,4-8H2,2-3H3/t10-,11?,13+,15+,16-,18+,19?,20-/m0/s1. The zero-order chi connectivity index (χ0) is 18.9. The Hall–Kier alpha value is -1.08. The Morgan fingerprint density at radius 3 is 2.54 bits per heavy atom. The predicted octanol–water partition coefficient (Wildman–Crippen LogP) is 0.584. The van der Waals surface area contributed by atoms with E-state index in [-0.39, 0.29) is 23.4 Å². The summed E-state index contributed by atoms with van der Waals surface area (Å²) in [5.41, 5.74) is -2.83. The lowest BCUT2D eigenvalue weighted by molar-refractivity contribution is -0.437. The van der Waals surface area contributed by atoms with Crippen LogP contribution in [0.2, 0.25) is 0 Å². The Balaban J connectivity index is 1.83. The van der Waals surface area contributed by atoms with Gasteiger partial charge in [-0.05, 0) is 36.2 Å². The van der Waals surface area contributed by atoms with E-state index >= 15 is 0 Å². The molecule has 4 saturated carbocycles. The molecule has 2 aliphatic heterocycles. The highest BCUT2D eigenvalue weighted by Crippen LogP contribution is 2.75. The van der Waals surface area contributed by atoms with Crippen molar-refractivity contribution in [3.63, 3.8) is 0 Å². The number of hydrogen-bond acceptors (Lipinski definition) is 6. The summed E-state index contributed by atoms with van der Waals surface area (Å²) in [4.78, 5) is 26.6. The minimum atomic E-state index is -2.19. The highest BCUT2D eigenvalue weighted by molar-refractivity contribution is 6.06. The molecule has 4 bridgehead atoms. The maximum absolute atomic E-state index is 13.3. The molecule has 2 spiro atoms. The fourth-order valence-electron chi connectivity index (χ4n) is 7.63. The zero-order valence-electron chi connectivity index (χ0n) is 15.2. The van der Waals surface area contributed by atoms with E-state index in [0.29, 0.717) is 25.7 Å². The molecule has 4 aliphatic carbocycles. The highest BCUT2D eigenvalue weighted by Gasteiger charge is 2.87. The van der Waals surface area contributed by atoms with Gasteiger partial charge in [0, 0.05) is 18.3 Å². The maximum atomic E-state index is 13.3. The van der Waals surface area contributed by atoms with Gasteiger partial charge in [0.05, 0.1) is 18.1 Å². The lowest BCUT2D eigenvalue weighted by atomic mass is 9.36. The van der Waals surface area contributed by atoms with E-state index in [1.807, 2.05) is 13.8 Å². The van der Waals surface area contributed by atoms with Crippen molar-refractivity contribution in [1.29, 1.82) is 0 Å². The quantitative estimate of drug-likeness (QED) is 0.545. The van der Waals surface area contributed by atoms with Crippen LogP contribution in [0.5, 0.6) is 0 Å². The van der Waals surface area contributed by atoms with E-state index in [1.54, 1.807) is 0 Å². The number of Topliss-reactive ketones (excluding diaryl/α,β-unsaturated/α-hetero) is 2. The number of ether oxygens (including phenoxy) is 1. The molecule has 2 heterocycles. The Bertz CT molecular complexity index is 757. The Kier molecular flexibility index (Phi) is 2.94. The average Bonchev–Trinajstić information content (AvgIpc) is 2.69. The third-order valence-electron chi connectivity index (χ3n) is 8.65. The van der Waals surface area contributed by atoms with E-state index < -0.39 is 52.4 Å². The van der Waals surface area contributed by atoms with Gasteiger partial charge in [0.25, 0.3) is 0 Å². The van der Waals surface area contributed by atoms with Crippen LogP contribution in [0.15, 0.2) is 12.2 Å². The molecule has 0 aromatic heterocycles. The molecular weight excluding hydrogens is 336 g/mol. The Morgan fingerprint density at radius 2 is 1.85 bits per heavy atom. The van der Waals surface area contributed by atoms with Crippen molar-refractivity contribution in [3.8, 4) is 0 Å². The molecule has 6 aliphatic rings. The molecule has 0 amide bonds. The third kappa shape index (κ3) is 1.36. The molecule has 0 radical (unpaired) electrons. The van der Waals surface area contributed by atoms with E-state index in [2.05, 4.69) is 6.58 Å². The van der Waals surface area contributed by atoms with Gasteiger partial charge >= 0.3 is 0 Å². The minimum absolute atomic E-state index is 0.00293. The number of hydrogen-bond donors (Lipinski definition) is 3.